The van der Waals surface area contributed by atoms with Gasteiger partial charge in [0.1, 0.15) is 22.8 Å². The molecule has 0 heterocycles. The molecule has 0 bridgehead atoms. The number of carboxylic acid groups (broad SMARTS) is 2. The van der Waals surface area contributed by atoms with E-state index in [-0.39, 0.29) is 22.4 Å². The molecule has 0 saturated carbocycles. The van der Waals surface area contributed by atoms with Crippen LogP contribution in [0.1, 0.15) is 20.7 Å². The molecule has 7 heteroatoms. The molecular weight excluding hydrogens is 316 g/mol. The minimum absolute atomic E-state index is 0.0366. The normalized spacial score (nSPS) is 10.1. The highest BCUT2D eigenvalue weighted by atomic mass is 16.5. The smallest absolute Gasteiger partial charge is 0.339 e. The fourth-order valence-corrected chi connectivity index (χ4v) is 2.34. The van der Waals surface area contributed by atoms with Crippen molar-refractivity contribution in [2.45, 2.75) is 0 Å². The largest absolute Gasteiger partial charge is 0.497 e. The molecule has 0 atom stereocenters. The van der Waals surface area contributed by atoms with Gasteiger partial charge in [0, 0.05) is 11.1 Å². The molecule has 0 aliphatic heterocycles. The number of methoxy groups -OCH3 is 3. The first-order valence-corrected chi connectivity index (χ1v) is 6.84. The monoisotopic (exact) mass is 332 g/mol. The Labute approximate surface area is 138 Å². The van der Waals surface area contributed by atoms with Crippen LogP contribution in [0.3, 0.4) is 0 Å². The summed E-state index contributed by atoms with van der Waals surface area (Å²) in [6.45, 7) is 0. The molecule has 7 nitrogen and oxygen atoms in total. The van der Waals surface area contributed by atoms with Crippen LogP contribution < -0.4 is 14.2 Å². The quantitative estimate of drug-likeness (QED) is 0.838. The Morgan fingerprint density at radius 2 is 1.38 bits per heavy atom. The number of aromatic carboxylic acids is 2. The fraction of sp³-hybridized carbons (Fsp3) is 0.176. The van der Waals surface area contributed by atoms with E-state index < -0.39 is 11.9 Å². The lowest BCUT2D eigenvalue weighted by Gasteiger charge is -2.15. The molecule has 2 aromatic rings. The number of hydrogen-bond acceptors (Lipinski definition) is 5. The summed E-state index contributed by atoms with van der Waals surface area (Å²) in [7, 11) is 4.19. The molecule has 126 valence electrons. The third-order valence-corrected chi connectivity index (χ3v) is 3.50. The van der Waals surface area contributed by atoms with Crippen LogP contribution in [0.2, 0.25) is 0 Å². The second-order valence-electron chi connectivity index (χ2n) is 4.77. The molecule has 0 aliphatic carbocycles. The van der Waals surface area contributed by atoms with Crippen molar-refractivity contribution in [2.75, 3.05) is 21.3 Å². The molecule has 0 aliphatic rings. The van der Waals surface area contributed by atoms with Gasteiger partial charge in [-0.05, 0) is 30.3 Å². The van der Waals surface area contributed by atoms with Crippen molar-refractivity contribution in [2.24, 2.45) is 0 Å². The highest BCUT2D eigenvalue weighted by Gasteiger charge is 2.22. The van der Waals surface area contributed by atoms with Crippen molar-refractivity contribution in [3.05, 3.63) is 41.5 Å². The zero-order chi connectivity index (χ0) is 17.9. The molecule has 2 rings (SSSR count). The standard InChI is InChI=1S/C17H16O7/c1-22-9-4-5-14(23-2)11(6-9)10-7-13(17(20)21)15(24-3)8-12(10)16(18)19/h4-8H,1-3H3,(H,18,19)(H,20,21). The average Bonchev–Trinajstić information content (AvgIpc) is 2.59. The Hall–Kier alpha value is -3.22. The average molecular weight is 332 g/mol. The van der Waals surface area contributed by atoms with Crippen LogP contribution in [0.25, 0.3) is 11.1 Å². The summed E-state index contributed by atoms with van der Waals surface area (Å²) >= 11 is 0. The van der Waals surface area contributed by atoms with Crippen LogP contribution in [-0.4, -0.2) is 43.5 Å². The Balaban J connectivity index is 2.84. The van der Waals surface area contributed by atoms with Gasteiger partial charge in [0.25, 0.3) is 0 Å². The first-order chi connectivity index (χ1) is 11.4. The van der Waals surface area contributed by atoms with Crippen molar-refractivity contribution in [1.29, 1.82) is 0 Å². The van der Waals surface area contributed by atoms with Crippen LogP contribution in [0, 0.1) is 0 Å². The Morgan fingerprint density at radius 3 is 1.88 bits per heavy atom. The third-order valence-electron chi connectivity index (χ3n) is 3.50. The second kappa shape index (κ2) is 6.91. The first-order valence-electron chi connectivity index (χ1n) is 6.84. The SMILES string of the molecule is COc1ccc(OC)c(-c2cc(C(=O)O)c(OC)cc2C(=O)O)c1. The van der Waals surface area contributed by atoms with Gasteiger partial charge in [0.2, 0.25) is 0 Å². The van der Waals surface area contributed by atoms with Gasteiger partial charge in [-0.3, -0.25) is 0 Å². The molecule has 2 N–H and O–H groups in total. The molecule has 0 amide bonds. The zero-order valence-corrected chi connectivity index (χ0v) is 13.3. The van der Waals surface area contributed by atoms with Crippen molar-refractivity contribution in [3.63, 3.8) is 0 Å². The van der Waals surface area contributed by atoms with Gasteiger partial charge in [-0.2, -0.15) is 0 Å². The molecule has 2 aromatic carbocycles. The molecule has 0 saturated heterocycles. The lowest BCUT2D eigenvalue weighted by atomic mass is 9.95. The highest BCUT2D eigenvalue weighted by Crippen LogP contribution is 2.38. The summed E-state index contributed by atoms with van der Waals surface area (Å²) in [5.41, 5.74) is 0.335. The predicted molar refractivity (Wildman–Crippen MR) is 85.5 cm³/mol. The zero-order valence-electron chi connectivity index (χ0n) is 13.3. The van der Waals surface area contributed by atoms with Gasteiger partial charge in [-0.15, -0.1) is 0 Å². The summed E-state index contributed by atoms with van der Waals surface area (Å²) in [5, 5.41) is 18.8. The number of benzene rings is 2. The van der Waals surface area contributed by atoms with Crippen LogP contribution in [0.5, 0.6) is 17.2 Å². The van der Waals surface area contributed by atoms with Gasteiger partial charge in [0.05, 0.1) is 26.9 Å². The van der Waals surface area contributed by atoms with E-state index >= 15 is 0 Å². The minimum Gasteiger partial charge on any atom is -0.497 e. The summed E-state index contributed by atoms with van der Waals surface area (Å²) in [6, 6.07) is 7.29. The van der Waals surface area contributed by atoms with E-state index in [1.165, 1.54) is 33.5 Å². The Kier molecular flexibility index (Phi) is 4.93. The molecular formula is C17H16O7. The minimum atomic E-state index is -1.23. The number of hydrogen-bond donors (Lipinski definition) is 2. The maximum absolute atomic E-state index is 11.6. The van der Waals surface area contributed by atoms with Crippen molar-refractivity contribution < 1.29 is 34.0 Å². The Morgan fingerprint density at radius 1 is 0.750 bits per heavy atom. The van der Waals surface area contributed by atoms with E-state index in [0.29, 0.717) is 17.1 Å². The molecule has 0 unspecified atom stereocenters. The summed E-state index contributed by atoms with van der Waals surface area (Å²) in [6.07, 6.45) is 0. The van der Waals surface area contributed by atoms with E-state index in [0.717, 1.165) is 0 Å². The molecule has 0 spiro atoms. The predicted octanol–water partition coefficient (Wildman–Crippen LogP) is 2.78. The number of rotatable bonds is 6. The third kappa shape index (κ3) is 3.10. The van der Waals surface area contributed by atoms with Gasteiger partial charge in [-0.1, -0.05) is 0 Å². The topological polar surface area (TPSA) is 102 Å². The number of ether oxygens (including phenoxy) is 3. The van der Waals surface area contributed by atoms with Gasteiger partial charge >= 0.3 is 11.9 Å². The lowest BCUT2D eigenvalue weighted by Crippen LogP contribution is -2.07. The van der Waals surface area contributed by atoms with Crippen molar-refractivity contribution in [1.82, 2.24) is 0 Å². The molecule has 0 fully saturated rings. The summed E-state index contributed by atoms with van der Waals surface area (Å²) in [5.74, 6) is -1.61. The van der Waals surface area contributed by atoms with Crippen LogP contribution >= 0.6 is 0 Å². The fourth-order valence-electron chi connectivity index (χ4n) is 2.34. The molecule has 24 heavy (non-hydrogen) atoms. The maximum Gasteiger partial charge on any atom is 0.339 e. The van der Waals surface area contributed by atoms with Gasteiger partial charge in [0.15, 0.2) is 0 Å². The number of carbonyl (C=O) groups is 2. The van der Waals surface area contributed by atoms with E-state index in [1.54, 1.807) is 18.2 Å². The van der Waals surface area contributed by atoms with E-state index in [9.17, 15) is 19.8 Å². The van der Waals surface area contributed by atoms with Crippen LogP contribution in [0.4, 0.5) is 0 Å². The second-order valence-corrected chi connectivity index (χ2v) is 4.77. The van der Waals surface area contributed by atoms with Crippen LogP contribution in [-0.2, 0) is 0 Å². The van der Waals surface area contributed by atoms with E-state index in [2.05, 4.69) is 0 Å². The molecule has 0 aromatic heterocycles. The summed E-state index contributed by atoms with van der Waals surface area (Å²) < 4.78 is 15.4. The Bertz CT molecular complexity index is 796. The van der Waals surface area contributed by atoms with Gasteiger partial charge < -0.3 is 24.4 Å². The highest BCUT2D eigenvalue weighted by molar-refractivity contribution is 6.02. The van der Waals surface area contributed by atoms with Crippen LogP contribution in [0.15, 0.2) is 30.3 Å². The van der Waals surface area contributed by atoms with Crippen molar-refractivity contribution >= 4 is 11.9 Å². The first kappa shape index (κ1) is 17.1. The van der Waals surface area contributed by atoms with Crippen molar-refractivity contribution in [3.8, 4) is 28.4 Å². The number of carboxylic acids is 2. The van der Waals surface area contributed by atoms with Gasteiger partial charge in [-0.25, -0.2) is 9.59 Å². The molecule has 0 radical (unpaired) electrons. The maximum atomic E-state index is 11.6. The lowest BCUT2D eigenvalue weighted by molar-refractivity contribution is 0.0678. The van der Waals surface area contributed by atoms with E-state index in [4.69, 9.17) is 14.2 Å². The summed E-state index contributed by atoms with van der Waals surface area (Å²) in [4.78, 5) is 23.1. The van der Waals surface area contributed by atoms with E-state index in [1.807, 2.05) is 0 Å².